The van der Waals surface area contributed by atoms with Gasteiger partial charge in [-0.05, 0) is 25.2 Å². The summed E-state index contributed by atoms with van der Waals surface area (Å²) in [6, 6.07) is 0. The van der Waals surface area contributed by atoms with Gasteiger partial charge >= 0.3 is 0 Å². The van der Waals surface area contributed by atoms with Crippen LogP contribution in [0.3, 0.4) is 0 Å². The summed E-state index contributed by atoms with van der Waals surface area (Å²) in [7, 11) is 0. The van der Waals surface area contributed by atoms with Crippen LogP contribution in [-0.4, -0.2) is 35.3 Å². The highest BCUT2D eigenvalue weighted by atomic mass is 16.2. The normalized spacial score (nSPS) is 24.4. The lowest BCUT2D eigenvalue weighted by molar-refractivity contribution is -0.154. The molecule has 0 aromatic heterocycles. The summed E-state index contributed by atoms with van der Waals surface area (Å²) in [6.45, 7) is 5.25. The summed E-state index contributed by atoms with van der Waals surface area (Å²) in [5.74, 6) is 0.644. The first-order valence-corrected chi connectivity index (χ1v) is 7.19. The standard InChI is InChI=1S/C14H24N2O2/c1-3-6-11(2)10-16-12(17)9-15-13(18)14(16)7-4-5-8-14/h11H,3-10H2,1-2H3,(H,15,18). The van der Waals surface area contributed by atoms with E-state index in [1.54, 1.807) is 0 Å². The van der Waals surface area contributed by atoms with Gasteiger partial charge in [0.05, 0.1) is 6.54 Å². The molecule has 1 saturated heterocycles. The Morgan fingerprint density at radius 2 is 2.00 bits per heavy atom. The van der Waals surface area contributed by atoms with Crippen LogP contribution in [0.4, 0.5) is 0 Å². The number of carbonyl (C=O) groups excluding carboxylic acids is 2. The Hall–Kier alpha value is -1.06. The van der Waals surface area contributed by atoms with E-state index in [-0.39, 0.29) is 18.4 Å². The van der Waals surface area contributed by atoms with E-state index in [9.17, 15) is 9.59 Å². The summed E-state index contributed by atoms with van der Waals surface area (Å²) in [5.41, 5.74) is -0.517. The number of piperazine rings is 1. The van der Waals surface area contributed by atoms with Crippen molar-refractivity contribution in [3.05, 3.63) is 0 Å². The molecule has 1 aliphatic heterocycles. The second kappa shape index (κ2) is 5.29. The number of nitrogens with one attached hydrogen (secondary N) is 1. The van der Waals surface area contributed by atoms with Gasteiger partial charge < -0.3 is 10.2 Å². The van der Waals surface area contributed by atoms with Gasteiger partial charge in [-0.1, -0.05) is 33.1 Å². The first-order valence-electron chi connectivity index (χ1n) is 7.19. The van der Waals surface area contributed by atoms with E-state index in [1.807, 2.05) is 4.90 Å². The molecule has 0 aromatic carbocycles. The molecule has 2 amide bonds. The second-order valence-electron chi connectivity index (χ2n) is 5.82. The first-order chi connectivity index (χ1) is 8.60. The predicted octanol–water partition coefficient (Wildman–Crippen LogP) is 1.69. The monoisotopic (exact) mass is 252 g/mol. The van der Waals surface area contributed by atoms with Crippen molar-refractivity contribution >= 4 is 11.8 Å². The molecule has 1 heterocycles. The minimum Gasteiger partial charge on any atom is -0.345 e. The fourth-order valence-corrected chi connectivity index (χ4v) is 3.41. The molecule has 0 radical (unpaired) electrons. The van der Waals surface area contributed by atoms with Crippen LogP contribution in [0.1, 0.15) is 52.4 Å². The van der Waals surface area contributed by atoms with Crippen LogP contribution in [-0.2, 0) is 9.59 Å². The van der Waals surface area contributed by atoms with Gasteiger partial charge in [-0.25, -0.2) is 0 Å². The highest BCUT2D eigenvalue weighted by Gasteiger charge is 2.50. The molecule has 2 fully saturated rings. The summed E-state index contributed by atoms with van der Waals surface area (Å²) in [6.07, 6.45) is 6.02. The lowest BCUT2D eigenvalue weighted by atomic mass is 9.89. The molecule has 4 nitrogen and oxygen atoms in total. The third-order valence-electron chi connectivity index (χ3n) is 4.35. The molecule has 18 heavy (non-hydrogen) atoms. The molecule has 0 aromatic rings. The third-order valence-corrected chi connectivity index (χ3v) is 4.35. The maximum Gasteiger partial charge on any atom is 0.246 e. The average molecular weight is 252 g/mol. The van der Waals surface area contributed by atoms with Crippen molar-refractivity contribution in [3.8, 4) is 0 Å². The molecule has 2 rings (SSSR count). The van der Waals surface area contributed by atoms with Crippen molar-refractivity contribution in [3.63, 3.8) is 0 Å². The molecule has 1 spiro atoms. The lowest BCUT2D eigenvalue weighted by Crippen LogP contribution is -2.66. The van der Waals surface area contributed by atoms with E-state index in [0.717, 1.165) is 45.1 Å². The molecule has 1 atom stereocenters. The average Bonchev–Trinajstić information content (AvgIpc) is 2.81. The number of amides is 2. The van der Waals surface area contributed by atoms with Crippen molar-refractivity contribution in [2.75, 3.05) is 13.1 Å². The van der Waals surface area contributed by atoms with Crippen LogP contribution >= 0.6 is 0 Å². The fraction of sp³-hybridized carbons (Fsp3) is 0.857. The van der Waals surface area contributed by atoms with Crippen molar-refractivity contribution in [1.29, 1.82) is 0 Å². The lowest BCUT2D eigenvalue weighted by Gasteiger charge is -2.44. The predicted molar refractivity (Wildman–Crippen MR) is 70.0 cm³/mol. The Bertz CT molecular complexity index is 335. The van der Waals surface area contributed by atoms with Crippen LogP contribution in [0, 0.1) is 5.92 Å². The highest BCUT2D eigenvalue weighted by Crippen LogP contribution is 2.37. The van der Waals surface area contributed by atoms with Crippen molar-refractivity contribution in [2.45, 2.75) is 57.9 Å². The Morgan fingerprint density at radius 3 is 2.61 bits per heavy atom. The van der Waals surface area contributed by atoms with E-state index < -0.39 is 5.54 Å². The number of carbonyl (C=O) groups is 2. The molecule has 102 valence electrons. The van der Waals surface area contributed by atoms with E-state index in [4.69, 9.17) is 0 Å². The molecule has 0 bridgehead atoms. The Balaban J connectivity index is 2.16. The van der Waals surface area contributed by atoms with Gasteiger partial charge in [0, 0.05) is 6.54 Å². The summed E-state index contributed by atoms with van der Waals surface area (Å²) >= 11 is 0. The highest BCUT2D eigenvalue weighted by molar-refractivity contribution is 5.98. The maximum absolute atomic E-state index is 12.2. The fourth-order valence-electron chi connectivity index (χ4n) is 3.41. The minimum absolute atomic E-state index is 0.0725. The zero-order valence-electron chi connectivity index (χ0n) is 11.5. The summed E-state index contributed by atoms with van der Waals surface area (Å²) in [5, 5.41) is 2.77. The zero-order chi connectivity index (χ0) is 13.2. The van der Waals surface area contributed by atoms with E-state index in [0.29, 0.717) is 5.92 Å². The van der Waals surface area contributed by atoms with Crippen LogP contribution in [0.15, 0.2) is 0 Å². The largest absolute Gasteiger partial charge is 0.345 e. The number of hydrogen-bond acceptors (Lipinski definition) is 2. The van der Waals surface area contributed by atoms with Crippen LogP contribution in [0.2, 0.25) is 0 Å². The summed E-state index contributed by atoms with van der Waals surface area (Å²) in [4.78, 5) is 26.2. The van der Waals surface area contributed by atoms with E-state index in [2.05, 4.69) is 19.2 Å². The molecule has 2 aliphatic rings. The molecular formula is C14H24N2O2. The first kappa shape index (κ1) is 13.4. The summed E-state index contributed by atoms with van der Waals surface area (Å²) < 4.78 is 0. The Labute approximate surface area is 109 Å². The topological polar surface area (TPSA) is 49.4 Å². The third kappa shape index (κ3) is 2.25. The molecule has 1 saturated carbocycles. The van der Waals surface area contributed by atoms with Crippen molar-refractivity contribution in [2.24, 2.45) is 5.92 Å². The number of rotatable bonds is 4. The molecule has 1 unspecified atom stereocenters. The minimum atomic E-state index is -0.517. The van der Waals surface area contributed by atoms with Gasteiger partial charge in [-0.3, -0.25) is 9.59 Å². The van der Waals surface area contributed by atoms with Crippen LogP contribution in [0.5, 0.6) is 0 Å². The molecular weight excluding hydrogens is 228 g/mol. The molecule has 4 heteroatoms. The van der Waals surface area contributed by atoms with Gasteiger partial charge in [0.15, 0.2) is 0 Å². The van der Waals surface area contributed by atoms with Crippen LogP contribution < -0.4 is 5.32 Å². The Kier molecular flexibility index (Phi) is 3.93. The Morgan fingerprint density at radius 1 is 1.33 bits per heavy atom. The van der Waals surface area contributed by atoms with Gasteiger partial charge in [0.1, 0.15) is 5.54 Å². The van der Waals surface area contributed by atoms with Gasteiger partial charge in [0.2, 0.25) is 11.8 Å². The second-order valence-corrected chi connectivity index (χ2v) is 5.82. The smallest absolute Gasteiger partial charge is 0.246 e. The zero-order valence-corrected chi connectivity index (χ0v) is 11.5. The SMILES string of the molecule is CCCC(C)CN1C(=O)CNC(=O)C12CCCC2. The van der Waals surface area contributed by atoms with Crippen LogP contribution in [0.25, 0.3) is 0 Å². The van der Waals surface area contributed by atoms with E-state index in [1.165, 1.54) is 0 Å². The van der Waals surface area contributed by atoms with Gasteiger partial charge in [0.25, 0.3) is 0 Å². The van der Waals surface area contributed by atoms with Crippen molar-refractivity contribution in [1.82, 2.24) is 10.2 Å². The van der Waals surface area contributed by atoms with Gasteiger partial charge in [-0.2, -0.15) is 0 Å². The number of nitrogens with zero attached hydrogens (tertiary/aromatic N) is 1. The molecule has 1 N–H and O–H groups in total. The van der Waals surface area contributed by atoms with E-state index >= 15 is 0 Å². The van der Waals surface area contributed by atoms with Crippen molar-refractivity contribution < 1.29 is 9.59 Å². The molecule has 1 aliphatic carbocycles. The van der Waals surface area contributed by atoms with Gasteiger partial charge in [-0.15, -0.1) is 0 Å². The maximum atomic E-state index is 12.2. The number of hydrogen-bond donors (Lipinski definition) is 1. The quantitative estimate of drug-likeness (QED) is 0.828.